The molecule has 1 atom stereocenters. The lowest BCUT2D eigenvalue weighted by molar-refractivity contribution is 0.000346. The van der Waals surface area contributed by atoms with Gasteiger partial charge < -0.3 is 0 Å². The number of halogens is 9. The van der Waals surface area contributed by atoms with E-state index in [4.69, 9.17) is 0 Å². The summed E-state index contributed by atoms with van der Waals surface area (Å²) in [6, 6.07) is 0. The van der Waals surface area contributed by atoms with Crippen molar-refractivity contribution < 1.29 is 32.6 Å². The molecule has 0 aliphatic carbocycles. The second-order valence-corrected chi connectivity index (χ2v) is 4.70. The summed E-state index contributed by atoms with van der Waals surface area (Å²) < 4.78 is 90.1. The maximum atomic E-state index is 11.5. The molecule has 1 unspecified atom stereocenters. The Morgan fingerprint density at radius 2 is 1.25 bits per heavy atom. The van der Waals surface area contributed by atoms with Crippen LogP contribution < -0.4 is 0 Å². The summed E-state index contributed by atoms with van der Waals surface area (Å²) in [6.45, 7) is 0. The third-order valence-corrected chi connectivity index (χ3v) is 2.41. The highest BCUT2D eigenvalue weighted by atomic mass is 35.5. The third kappa shape index (κ3) is 1.87. The molecule has 0 rings (SSSR count). The fourth-order valence-electron chi connectivity index (χ4n) is 0.168. The lowest BCUT2D eigenvalue weighted by Gasteiger charge is -2.45. The average molecular weight is 245 g/mol. The summed E-state index contributed by atoms with van der Waals surface area (Å²) in [5, 5.41) is -6.80. The van der Waals surface area contributed by atoms with Gasteiger partial charge in [-0.1, -0.05) is 31.0 Å². The zero-order chi connectivity index (χ0) is 10.5. The highest BCUT2D eigenvalue weighted by molar-refractivity contribution is 8.46. The molecule has 0 aromatic rings. The van der Waals surface area contributed by atoms with Crippen LogP contribution in [-0.2, 0) is 0 Å². The fraction of sp³-hybridized carbons (Fsp3) is 1.00. The standard InChI is InChI=1S/C2HClF8S/c3-1(4)2(5,6)12(7,8,9,10)11/h1H. The molecule has 0 saturated heterocycles. The maximum absolute atomic E-state index is 11.5. The van der Waals surface area contributed by atoms with E-state index >= 15 is 0 Å². The van der Waals surface area contributed by atoms with Gasteiger partial charge in [-0.25, -0.2) is 4.39 Å². The van der Waals surface area contributed by atoms with Crippen molar-refractivity contribution >= 4 is 21.8 Å². The van der Waals surface area contributed by atoms with Crippen molar-refractivity contribution in [1.82, 2.24) is 0 Å². The Morgan fingerprint density at radius 3 is 1.25 bits per heavy atom. The maximum Gasteiger partial charge on any atom is 0.424 e. The summed E-state index contributed by atoms with van der Waals surface area (Å²) in [5.74, 6) is 0. The van der Waals surface area contributed by atoms with E-state index < -0.39 is 21.1 Å². The van der Waals surface area contributed by atoms with Crippen LogP contribution in [0.4, 0.5) is 32.6 Å². The van der Waals surface area contributed by atoms with Gasteiger partial charge in [-0.15, -0.1) is 0 Å². The van der Waals surface area contributed by atoms with E-state index in [9.17, 15) is 32.6 Å². The van der Waals surface area contributed by atoms with E-state index in [0.29, 0.717) is 0 Å². The first-order chi connectivity index (χ1) is 4.69. The highest BCUT2D eigenvalue weighted by Gasteiger charge is 2.85. The second kappa shape index (κ2) is 1.94. The fourth-order valence-corrected chi connectivity index (χ4v) is 1.01. The Morgan fingerprint density at radius 1 is 1.00 bits per heavy atom. The zero-order valence-electron chi connectivity index (χ0n) is 4.89. The Hall–Kier alpha value is 0.0800. The van der Waals surface area contributed by atoms with Gasteiger partial charge in [-0.3, -0.25) is 0 Å². The molecule has 0 heterocycles. The van der Waals surface area contributed by atoms with Gasteiger partial charge in [0.25, 0.3) is 5.63 Å². The van der Waals surface area contributed by atoms with Crippen molar-refractivity contribution in [2.75, 3.05) is 0 Å². The summed E-state index contributed by atoms with van der Waals surface area (Å²) in [4.78, 5) is 0. The summed E-state index contributed by atoms with van der Waals surface area (Å²) in [5.41, 5.74) is -4.49. The van der Waals surface area contributed by atoms with Crippen molar-refractivity contribution in [1.29, 1.82) is 0 Å². The first-order valence-corrected chi connectivity index (χ1v) is 4.47. The van der Waals surface area contributed by atoms with Crippen molar-refractivity contribution in [3.05, 3.63) is 0 Å². The molecule has 0 N–H and O–H groups in total. The monoisotopic (exact) mass is 244 g/mol. The molecule has 0 aromatic carbocycles. The number of rotatable bonds is 2. The molecule has 0 aliphatic rings. The summed E-state index contributed by atoms with van der Waals surface area (Å²) in [7, 11) is -11.2. The SMILES string of the molecule is FC(Cl)C(F)(F)S(F)(F)(F)(F)F. The number of hydrogen-bond acceptors (Lipinski definition) is 0. The molecule has 10 heteroatoms. The van der Waals surface area contributed by atoms with Gasteiger partial charge in [0.15, 0.2) is 0 Å². The van der Waals surface area contributed by atoms with Crippen LogP contribution in [0.5, 0.6) is 0 Å². The lowest BCUT2D eigenvalue weighted by Crippen LogP contribution is -2.38. The topological polar surface area (TPSA) is 0 Å². The minimum absolute atomic E-state index is 3.65. The molecule has 0 aromatic heterocycles. The highest BCUT2D eigenvalue weighted by Crippen LogP contribution is 3.04. The molecule has 0 radical (unpaired) electrons. The van der Waals surface area contributed by atoms with E-state index in [1.807, 2.05) is 0 Å². The Labute approximate surface area is 66.2 Å². The lowest BCUT2D eigenvalue weighted by atomic mass is 10.8. The third-order valence-electron chi connectivity index (χ3n) is 0.768. The Kier molecular flexibility index (Phi) is 1.95. The van der Waals surface area contributed by atoms with Gasteiger partial charge in [0, 0.05) is 0 Å². The van der Waals surface area contributed by atoms with Crippen LogP contribution in [-0.4, -0.2) is 10.9 Å². The van der Waals surface area contributed by atoms with Gasteiger partial charge in [-0.2, -0.15) is 8.78 Å². The Bertz CT molecular complexity index is 186. The van der Waals surface area contributed by atoms with Crippen molar-refractivity contribution in [3.8, 4) is 0 Å². The van der Waals surface area contributed by atoms with Crippen LogP contribution >= 0.6 is 21.8 Å². The molecule has 0 aliphatic heterocycles. The molecule has 12 heavy (non-hydrogen) atoms. The van der Waals surface area contributed by atoms with E-state index in [2.05, 4.69) is 11.6 Å². The molecule has 0 saturated carbocycles. The molecule has 0 spiro atoms. The molecule has 0 nitrogen and oxygen atoms in total. The predicted molar refractivity (Wildman–Crippen MR) is 28.8 cm³/mol. The first kappa shape index (κ1) is 12.1. The molecule has 78 valence electrons. The average Bonchev–Trinajstić information content (AvgIpc) is 1.56. The van der Waals surface area contributed by atoms with E-state index in [-0.39, 0.29) is 0 Å². The number of hydrogen-bond donors (Lipinski definition) is 0. The molecule has 0 amide bonds. The Balaban J connectivity index is 5.34. The van der Waals surface area contributed by atoms with Gasteiger partial charge in [-0.05, 0) is 0 Å². The smallest absolute Gasteiger partial charge is 0.222 e. The van der Waals surface area contributed by atoms with Gasteiger partial charge in [0.1, 0.15) is 0 Å². The second-order valence-electron chi connectivity index (χ2n) is 1.83. The largest absolute Gasteiger partial charge is 0.424 e. The van der Waals surface area contributed by atoms with Crippen molar-refractivity contribution in [2.45, 2.75) is 10.9 Å². The molecular formula is C2HClF8S. The van der Waals surface area contributed by atoms with Gasteiger partial charge >= 0.3 is 15.5 Å². The minimum atomic E-state index is -11.2. The van der Waals surface area contributed by atoms with Crippen LogP contribution in [0, 0.1) is 0 Å². The quantitative estimate of drug-likeness (QED) is 0.498. The van der Waals surface area contributed by atoms with E-state index in [1.165, 1.54) is 0 Å². The first-order valence-electron chi connectivity index (χ1n) is 2.08. The van der Waals surface area contributed by atoms with Crippen LogP contribution in [0.1, 0.15) is 0 Å². The minimum Gasteiger partial charge on any atom is -0.222 e. The predicted octanol–water partition coefficient (Wildman–Crippen LogP) is 4.41. The van der Waals surface area contributed by atoms with Gasteiger partial charge in [0.2, 0.25) is 0 Å². The molecule has 0 fully saturated rings. The van der Waals surface area contributed by atoms with Crippen LogP contribution in [0.25, 0.3) is 0 Å². The van der Waals surface area contributed by atoms with E-state index in [1.54, 1.807) is 0 Å². The van der Waals surface area contributed by atoms with Crippen molar-refractivity contribution in [2.24, 2.45) is 0 Å². The van der Waals surface area contributed by atoms with Gasteiger partial charge in [0.05, 0.1) is 0 Å². The zero-order valence-corrected chi connectivity index (χ0v) is 6.46. The van der Waals surface area contributed by atoms with E-state index in [0.717, 1.165) is 0 Å². The van der Waals surface area contributed by atoms with Crippen LogP contribution in [0.15, 0.2) is 0 Å². The summed E-state index contributed by atoms with van der Waals surface area (Å²) in [6.07, 6.45) is 0. The van der Waals surface area contributed by atoms with Crippen molar-refractivity contribution in [3.63, 3.8) is 0 Å². The molecule has 0 bridgehead atoms. The van der Waals surface area contributed by atoms with Crippen LogP contribution in [0.2, 0.25) is 0 Å². The number of alkyl halides is 4. The van der Waals surface area contributed by atoms with Crippen LogP contribution in [0.3, 0.4) is 0 Å². The molecular weight excluding hydrogens is 244 g/mol. The summed E-state index contributed by atoms with van der Waals surface area (Å²) >= 11 is 3.65. The normalized spacial score (nSPS) is 22.8.